The van der Waals surface area contributed by atoms with E-state index < -0.39 is 26.2 Å². The summed E-state index contributed by atoms with van der Waals surface area (Å²) >= 11 is 0. The van der Waals surface area contributed by atoms with Crippen LogP contribution >= 0.6 is 0 Å². The van der Waals surface area contributed by atoms with Crippen molar-refractivity contribution in [3.05, 3.63) is 53.6 Å². The van der Waals surface area contributed by atoms with Crippen molar-refractivity contribution >= 4 is 25.7 Å². The number of anilines is 1. The van der Waals surface area contributed by atoms with Crippen LogP contribution < -0.4 is 10.0 Å². The lowest BCUT2D eigenvalue weighted by atomic mass is 9.98. The summed E-state index contributed by atoms with van der Waals surface area (Å²) in [4.78, 5) is 0.312. The van der Waals surface area contributed by atoms with E-state index in [4.69, 9.17) is 0 Å². The summed E-state index contributed by atoms with van der Waals surface area (Å²) < 4.78 is 52.2. The maximum atomic E-state index is 12.8. The number of benzene rings is 2. The Balaban J connectivity index is 1.48. The first-order valence-electron chi connectivity index (χ1n) is 10.7. The van der Waals surface area contributed by atoms with Gasteiger partial charge in [-0.25, -0.2) is 16.8 Å². The highest BCUT2D eigenvalue weighted by Gasteiger charge is 2.29. The van der Waals surface area contributed by atoms with E-state index in [0.717, 1.165) is 24.7 Å². The predicted molar refractivity (Wildman–Crippen MR) is 127 cm³/mol. The molecule has 1 aliphatic rings. The topological polar surface area (TPSA) is 136 Å². The third-order valence-corrected chi connectivity index (χ3v) is 8.21. The predicted octanol–water partition coefficient (Wildman–Crippen LogP) is 1.80. The third-order valence-electron chi connectivity index (χ3n) is 5.70. The second-order valence-corrected chi connectivity index (χ2v) is 12.2. The fraction of sp³-hybridized carbons (Fsp3) is 0.455. The molecule has 1 aliphatic heterocycles. The molecule has 4 N–H and O–H groups in total. The second kappa shape index (κ2) is 10.4. The van der Waals surface area contributed by atoms with Crippen LogP contribution in [0.1, 0.15) is 30.1 Å². The van der Waals surface area contributed by atoms with Gasteiger partial charge in [0.05, 0.1) is 22.9 Å². The molecule has 0 saturated carbocycles. The average Bonchev–Trinajstić information content (AvgIpc) is 2.75. The summed E-state index contributed by atoms with van der Waals surface area (Å²) in [5, 5.41) is 23.5. The number of nitrogens with zero attached hydrogens (tertiary/aromatic N) is 1. The highest BCUT2D eigenvalue weighted by atomic mass is 32.2. The molecule has 9 nitrogen and oxygen atoms in total. The van der Waals surface area contributed by atoms with Gasteiger partial charge in [-0.3, -0.25) is 4.72 Å². The smallest absolute Gasteiger partial charge is 0.243 e. The summed E-state index contributed by atoms with van der Waals surface area (Å²) in [6, 6.07) is 11.1. The summed E-state index contributed by atoms with van der Waals surface area (Å²) in [7, 11) is -7.05. The highest BCUT2D eigenvalue weighted by Crippen LogP contribution is 2.28. The number of sulfonamides is 2. The number of phenols is 1. The number of rotatable bonds is 9. The fourth-order valence-electron chi connectivity index (χ4n) is 3.80. The number of aliphatic hydroxyl groups excluding tert-OH is 1. The van der Waals surface area contributed by atoms with Crippen LogP contribution in [0.25, 0.3) is 0 Å². The summed E-state index contributed by atoms with van der Waals surface area (Å²) in [6.07, 6.45) is 1.52. The lowest BCUT2D eigenvalue weighted by Crippen LogP contribution is -2.41. The van der Waals surface area contributed by atoms with Gasteiger partial charge < -0.3 is 15.5 Å². The van der Waals surface area contributed by atoms with Gasteiger partial charge in [0.25, 0.3) is 0 Å². The molecule has 2 aromatic rings. The van der Waals surface area contributed by atoms with Crippen LogP contribution in [-0.2, 0) is 20.0 Å². The Morgan fingerprint density at radius 2 is 1.70 bits per heavy atom. The molecule has 0 unspecified atom stereocenters. The van der Waals surface area contributed by atoms with Gasteiger partial charge in [-0.05, 0) is 62.1 Å². The standard InChI is InChI=1S/C22H31N3O6S2/c1-16-3-6-19(7-4-16)33(30,31)25-11-9-17(10-12-25)14-23-15-22(27)18-5-8-21(26)20(13-18)24-32(2,28)29/h3-8,13,17,22-24,26-27H,9-12,14-15H2,1-2H3/t22-/m0/s1. The van der Waals surface area contributed by atoms with Gasteiger partial charge in [0, 0.05) is 19.6 Å². The van der Waals surface area contributed by atoms with Crippen molar-refractivity contribution in [3.63, 3.8) is 0 Å². The van der Waals surface area contributed by atoms with Crippen LogP contribution in [0.4, 0.5) is 5.69 Å². The molecule has 0 radical (unpaired) electrons. The molecule has 182 valence electrons. The van der Waals surface area contributed by atoms with E-state index in [1.54, 1.807) is 24.3 Å². The second-order valence-electron chi connectivity index (χ2n) is 8.49. The van der Waals surface area contributed by atoms with E-state index in [1.807, 2.05) is 6.92 Å². The Morgan fingerprint density at radius 1 is 1.06 bits per heavy atom. The zero-order valence-corrected chi connectivity index (χ0v) is 20.4. The van der Waals surface area contributed by atoms with Crippen molar-refractivity contribution < 1.29 is 27.0 Å². The van der Waals surface area contributed by atoms with E-state index >= 15 is 0 Å². The van der Waals surface area contributed by atoms with Gasteiger partial charge in [0.15, 0.2) is 0 Å². The zero-order valence-electron chi connectivity index (χ0n) is 18.7. The maximum absolute atomic E-state index is 12.8. The molecule has 0 aromatic heterocycles. The maximum Gasteiger partial charge on any atom is 0.243 e. The molecule has 0 aliphatic carbocycles. The van der Waals surface area contributed by atoms with Gasteiger partial charge in [-0.15, -0.1) is 0 Å². The van der Waals surface area contributed by atoms with Crippen LogP contribution in [0, 0.1) is 12.8 Å². The quantitative estimate of drug-likeness (QED) is 0.388. The van der Waals surface area contributed by atoms with Gasteiger partial charge in [0.2, 0.25) is 20.0 Å². The molecule has 0 spiro atoms. The first-order valence-corrected chi connectivity index (χ1v) is 14.0. The van der Waals surface area contributed by atoms with Crippen molar-refractivity contribution in [2.24, 2.45) is 5.92 Å². The Hall–Kier alpha value is -2.18. The molecule has 1 heterocycles. The SMILES string of the molecule is Cc1ccc(S(=O)(=O)N2CCC(CNC[C@H](O)c3ccc(O)c(NS(C)(=O)=O)c3)CC2)cc1. The monoisotopic (exact) mass is 497 g/mol. The number of hydrogen-bond acceptors (Lipinski definition) is 7. The molecule has 11 heteroatoms. The van der Waals surface area contributed by atoms with Crippen molar-refractivity contribution in [1.29, 1.82) is 0 Å². The Kier molecular flexibility index (Phi) is 8.01. The number of aryl methyl sites for hydroxylation is 1. The molecular weight excluding hydrogens is 466 g/mol. The van der Waals surface area contributed by atoms with Crippen LogP contribution in [0.15, 0.2) is 47.4 Å². The fourth-order valence-corrected chi connectivity index (χ4v) is 5.83. The summed E-state index contributed by atoms with van der Waals surface area (Å²) in [6.45, 7) is 3.68. The van der Waals surface area contributed by atoms with E-state index in [0.29, 0.717) is 30.1 Å². The van der Waals surface area contributed by atoms with Crippen molar-refractivity contribution in [2.75, 3.05) is 37.2 Å². The molecule has 0 bridgehead atoms. The van der Waals surface area contributed by atoms with Crippen molar-refractivity contribution in [3.8, 4) is 5.75 Å². The van der Waals surface area contributed by atoms with Crippen LogP contribution in [0.2, 0.25) is 0 Å². The first kappa shape index (κ1) is 25.4. The molecule has 1 saturated heterocycles. The number of phenolic OH excluding ortho intramolecular Hbond substituents is 1. The minimum atomic E-state index is -3.56. The number of nitrogens with one attached hydrogen (secondary N) is 2. The number of aromatic hydroxyl groups is 1. The van der Waals surface area contributed by atoms with E-state index in [9.17, 15) is 27.0 Å². The number of hydrogen-bond donors (Lipinski definition) is 4. The van der Waals surface area contributed by atoms with Gasteiger partial charge in [-0.1, -0.05) is 23.8 Å². The molecule has 3 rings (SSSR count). The summed E-state index contributed by atoms with van der Waals surface area (Å²) in [5.41, 5.74) is 1.48. The molecule has 1 fully saturated rings. The van der Waals surface area contributed by atoms with Crippen LogP contribution in [-0.4, -0.2) is 63.8 Å². The van der Waals surface area contributed by atoms with Gasteiger partial charge in [0.1, 0.15) is 5.75 Å². The number of aliphatic hydroxyl groups is 1. The van der Waals surface area contributed by atoms with Crippen LogP contribution in [0.3, 0.4) is 0 Å². The van der Waals surface area contributed by atoms with Crippen molar-refractivity contribution in [1.82, 2.24) is 9.62 Å². The lowest BCUT2D eigenvalue weighted by molar-refractivity contribution is 0.169. The lowest BCUT2D eigenvalue weighted by Gasteiger charge is -2.31. The zero-order chi connectivity index (χ0) is 24.2. The molecule has 33 heavy (non-hydrogen) atoms. The molecule has 1 atom stereocenters. The highest BCUT2D eigenvalue weighted by molar-refractivity contribution is 7.92. The Bertz CT molecular complexity index is 1160. The summed E-state index contributed by atoms with van der Waals surface area (Å²) in [5.74, 6) is 0.0561. The largest absolute Gasteiger partial charge is 0.506 e. The van der Waals surface area contributed by atoms with E-state index in [1.165, 1.54) is 22.5 Å². The van der Waals surface area contributed by atoms with Crippen molar-refractivity contribution in [2.45, 2.75) is 30.8 Å². The average molecular weight is 498 g/mol. The van der Waals surface area contributed by atoms with E-state index in [-0.39, 0.29) is 23.9 Å². The normalized spacial score (nSPS) is 17.1. The molecular formula is C22H31N3O6S2. The van der Waals surface area contributed by atoms with Gasteiger partial charge in [-0.2, -0.15) is 4.31 Å². The van der Waals surface area contributed by atoms with Crippen LogP contribution in [0.5, 0.6) is 5.75 Å². The van der Waals surface area contributed by atoms with E-state index in [2.05, 4.69) is 10.0 Å². The Labute approximate surface area is 195 Å². The Morgan fingerprint density at radius 3 is 2.30 bits per heavy atom. The number of piperidine rings is 1. The first-order chi connectivity index (χ1) is 15.5. The minimum Gasteiger partial charge on any atom is -0.506 e. The molecule has 0 amide bonds. The minimum absolute atomic E-state index is 0.0104. The molecule has 2 aromatic carbocycles. The van der Waals surface area contributed by atoms with Gasteiger partial charge >= 0.3 is 0 Å². The third kappa shape index (κ3) is 6.90.